The average Bonchev–Trinajstić information content (AvgIpc) is 2.98. The van der Waals surface area contributed by atoms with Crippen molar-refractivity contribution < 1.29 is 4.79 Å². The zero-order chi connectivity index (χ0) is 13.9. The van der Waals surface area contributed by atoms with Gasteiger partial charge in [0.1, 0.15) is 0 Å². The molecule has 6 nitrogen and oxygen atoms in total. The summed E-state index contributed by atoms with van der Waals surface area (Å²) in [5.41, 5.74) is 1.88. The topological polar surface area (TPSA) is 72.7 Å². The minimum atomic E-state index is -0.115. The summed E-state index contributed by atoms with van der Waals surface area (Å²) in [6.07, 6.45) is 7.05. The fourth-order valence-electron chi connectivity index (χ4n) is 2.47. The summed E-state index contributed by atoms with van der Waals surface area (Å²) < 4.78 is 1.82. The second kappa shape index (κ2) is 5.50. The average molecular weight is 271 g/mol. The number of hydrogen-bond acceptors (Lipinski definition) is 5. The molecule has 20 heavy (non-hydrogen) atoms. The first-order chi connectivity index (χ1) is 9.75. The van der Waals surface area contributed by atoms with Crippen LogP contribution in [-0.4, -0.2) is 38.9 Å². The van der Waals surface area contributed by atoms with Crippen molar-refractivity contribution in [2.24, 2.45) is 0 Å². The van der Waals surface area contributed by atoms with Gasteiger partial charge in [0, 0.05) is 18.0 Å². The Morgan fingerprint density at radius 3 is 2.95 bits per heavy atom. The first-order valence-corrected chi connectivity index (χ1v) is 6.83. The molecule has 2 aromatic rings. The number of pyridine rings is 1. The zero-order valence-corrected chi connectivity index (χ0v) is 11.4. The highest BCUT2D eigenvalue weighted by Crippen LogP contribution is 2.18. The van der Waals surface area contributed by atoms with Crippen molar-refractivity contribution in [2.75, 3.05) is 13.1 Å². The molecule has 1 N–H and O–H groups in total. The van der Waals surface area contributed by atoms with Gasteiger partial charge in [-0.15, -0.1) is 5.10 Å². The van der Waals surface area contributed by atoms with Gasteiger partial charge in [0.05, 0.1) is 12.2 Å². The predicted molar refractivity (Wildman–Crippen MR) is 73.6 cm³/mol. The van der Waals surface area contributed by atoms with Crippen LogP contribution < -0.4 is 5.32 Å². The maximum atomic E-state index is 12.4. The van der Waals surface area contributed by atoms with Gasteiger partial charge in [-0.1, -0.05) is 5.21 Å². The van der Waals surface area contributed by atoms with Crippen LogP contribution in [0.15, 0.2) is 24.7 Å². The van der Waals surface area contributed by atoms with Crippen LogP contribution in [0, 0.1) is 6.92 Å². The third-order valence-electron chi connectivity index (χ3n) is 3.71. The molecule has 1 fully saturated rings. The minimum absolute atomic E-state index is 0.115. The van der Waals surface area contributed by atoms with Gasteiger partial charge in [-0.25, -0.2) is 4.68 Å². The predicted octanol–water partition coefficient (Wildman–Crippen LogP) is 1.14. The molecule has 1 aliphatic heterocycles. The van der Waals surface area contributed by atoms with Crippen LogP contribution in [0.25, 0.3) is 0 Å². The Labute approximate surface area is 117 Å². The first-order valence-electron chi connectivity index (χ1n) is 6.83. The molecule has 2 aromatic heterocycles. The monoisotopic (exact) mass is 271 g/mol. The fraction of sp³-hybridized carbons (Fsp3) is 0.429. The number of aryl methyl sites for hydroxylation is 1. The highest BCUT2D eigenvalue weighted by atomic mass is 16.1. The number of nitrogens with zero attached hydrogens (tertiary/aromatic N) is 4. The summed E-state index contributed by atoms with van der Waals surface area (Å²) in [6.45, 7) is 3.86. The van der Waals surface area contributed by atoms with Crippen molar-refractivity contribution in [1.29, 1.82) is 0 Å². The third-order valence-corrected chi connectivity index (χ3v) is 3.71. The lowest BCUT2D eigenvalue weighted by Gasteiger charge is -2.22. The van der Waals surface area contributed by atoms with Crippen LogP contribution >= 0.6 is 0 Å². The maximum Gasteiger partial charge on any atom is 0.216 e. The Morgan fingerprint density at radius 2 is 2.20 bits per heavy atom. The molecule has 0 bridgehead atoms. The van der Waals surface area contributed by atoms with Crippen molar-refractivity contribution >= 4 is 5.78 Å². The van der Waals surface area contributed by atoms with E-state index in [1.807, 2.05) is 17.7 Å². The molecular weight excluding hydrogens is 254 g/mol. The lowest BCUT2D eigenvalue weighted by Crippen LogP contribution is -2.29. The minimum Gasteiger partial charge on any atom is -0.317 e. The number of aromatic nitrogens is 4. The molecule has 0 aliphatic carbocycles. The standard InChI is InChI=1S/C14H17N5O/c1-10-2-5-16-8-12(10)14(20)13-9-19(18-17-13)11-3-6-15-7-4-11/h2,5,8-9,11,15H,3-4,6-7H2,1H3. The molecule has 0 radical (unpaired) electrons. The van der Waals surface area contributed by atoms with E-state index >= 15 is 0 Å². The molecule has 1 aliphatic rings. The molecule has 0 spiro atoms. The van der Waals surface area contributed by atoms with Crippen LogP contribution in [0.5, 0.6) is 0 Å². The molecule has 104 valence electrons. The lowest BCUT2D eigenvalue weighted by atomic mass is 10.1. The van der Waals surface area contributed by atoms with Crippen molar-refractivity contribution in [3.05, 3.63) is 41.5 Å². The Kier molecular flexibility index (Phi) is 3.56. The van der Waals surface area contributed by atoms with E-state index in [1.54, 1.807) is 18.6 Å². The fourth-order valence-corrected chi connectivity index (χ4v) is 2.47. The van der Waals surface area contributed by atoms with E-state index in [-0.39, 0.29) is 5.78 Å². The molecule has 1 saturated heterocycles. The summed E-state index contributed by atoms with van der Waals surface area (Å²) in [5, 5.41) is 11.4. The summed E-state index contributed by atoms with van der Waals surface area (Å²) in [7, 11) is 0. The van der Waals surface area contributed by atoms with E-state index < -0.39 is 0 Å². The van der Waals surface area contributed by atoms with Gasteiger partial charge in [0.15, 0.2) is 5.69 Å². The molecule has 0 atom stereocenters. The normalized spacial score (nSPS) is 16.2. The number of rotatable bonds is 3. The van der Waals surface area contributed by atoms with Crippen LogP contribution in [0.1, 0.15) is 40.5 Å². The summed E-state index contributed by atoms with van der Waals surface area (Å²) in [4.78, 5) is 16.4. The van der Waals surface area contributed by atoms with Crippen molar-refractivity contribution in [1.82, 2.24) is 25.3 Å². The Balaban J connectivity index is 1.83. The highest BCUT2D eigenvalue weighted by molar-refractivity contribution is 6.08. The molecule has 0 saturated carbocycles. The Hall–Kier alpha value is -2.08. The van der Waals surface area contributed by atoms with Crippen molar-refractivity contribution in [3.63, 3.8) is 0 Å². The van der Waals surface area contributed by atoms with Crippen molar-refractivity contribution in [2.45, 2.75) is 25.8 Å². The van der Waals surface area contributed by atoms with Crippen LogP contribution in [-0.2, 0) is 0 Å². The molecule has 3 heterocycles. The number of ketones is 1. The second-order valence-electron chi connectivity index (χ2n) is 5.08. The SMILES string of the molecule is Cc1ccncc1C(=O)c1cn(C2CCNCC2)nn1. The van der Waals surface area contributed by atoms with Gasteiger partial charge >= 0.3 is 0 Å². The lowest BCUT2D eigenvalue weighted by molar-refractivity contribution is 0.103. The molecule has 0 unspecified atom stereocenters. The largest absolute Gasteiger partial charge is 0.317 e. The summed E-state index contributed by atoms with van der Waals surface area (Å²) in [6, 6.07) is 2.16. The van der Waals surface area contributed by atoms with Gasteiger partial charge in [-0.2, -0.15) is 0 Å². The number of nitrogens with one attached hydrogen (secondary N) is 1. The van der Waals surface area contributed by atoms with E-state index in [0.717, 1.165) is 31.5 Å². The van der Waals surface area contributed by atoms with Crippen LogP contribution in [0.3, 0.4) is 0 Å². The quantitative estimate of drug-likeness (QED) is 0.847. The van der Waals surface area contributed by atoms with E-state index in [2.05, 4.69) is 20.6 Å². The maximum absolute atomic E-state index is 12.4. The molecule has 0 amide bonds. The second-order valence-corrected chi connectivity index (χ2v) is 5.08. The smallest absolute Gasteiger partial charge is 0.216 e. The number of hydrogen-bond donors (Lipinski definition) is 1. The van der Waals surface area contributed by atoms with E-state index in [9.17, 15) is 4.79 Å². The van der Waals surface area contributed by atoms with E-state index in [4.69, 9.17) is 0 Å². The number of carbonyl (C=O) groups is 1. The van der Waals surface area contributed by atoms with Gasteiger partial charge in [-0.3, -0.25) is 9.78 Å². The molecule has 6 heteroatoms. The molecule has 3 rings (SSSR count). The highest BCUT2D eigenvalue weighted by Gasteiger charge is 2.20. The van der Waals surface area contributed by atoms with Gasteiger partial charge in [0.2, 0.25) is 5.78 Å². The number of carbonyl (C=O) groups excluding carboxylic acids is 1. The first kappa shape index (κ1) is 12.9. The Morgan fingerprint density at radius 1 is 1.40 bits per heavy atom. The molecule has 0 aromatic carbocycles. The number of piperidine rings is 1. The summed E-state index contributed by atoms with van der Waals surface area (Å²) >= 11 is 0. The van der Waals surface area contributed by atoms with Crippen LogP contribution in [0.2, 0.25) is 0 Å². The molecular formula is C14H17N5O. The van der Waals surface area contributed by atoms with E-state index in [0.29, 0.717) is 17.3 Å². The Bertz CT molecular complexity index is 616. The van der Waals surface area contributed by atoms with Crippen molar-refractivity contribution in [3.8, 4) is 0 Å². The zero-order valence-electron chi connectivity index (χ0n) is 11.4. The van der Waals surface area contributed by atoms with Gasteiger partial charge in [-0.05, 0) is 44.5 Å². The van der Waals surface area contributed by atoms with Gasteiger partial charge < -0.3 is 5.32 Å². The third kappa shape index (κ3) is 2.46. The van der Waals surface area contributed by atoms with Crippen LogP contribution in [0.4, 0.5) is 0 Å². The van der Waals surface area contributed by atoms with E-state index in [1.165, 1.54) is 0 Å². The van der Waals surface area contributed by atoms with Gasteiger partial charge in [0.25, 0.3) is 0 Å². The summed E-state index contributed by atoms with van der Waals surface area (Å²) in [5.74, 6) is -0.115.